The van der Waals surface area contributed by atoms with Gasteiger partial charge in [0.1, 0.15) is 5.58 Å². The molecule has 0 N–H and O–H groups in total. The third-order valence-electron chi connectivity index (χ3n) is 11.2. The maximum atomic E-state index is 6.97. The molecule has 0 radical (unpaired) electrons. The highest BCUT2D eigenvalue weighted by molar-refractivity contribution is 6.26. The molecule has 57 heavy (non-hydrogen) atoms. The summed E-state index contributed by atoms with van der Waals surface area (Å²) >= 11 is 0. The fourth-order valence-corrected chi connectivity index (χ4v) is 8.74. The lowest BCUT2D eigenvalue weighted by Crippen LogP contribution is -2.00. The van der Waals surface area contributed by atoms with E-state index in [1.54, 1.807) is 0 Å². The van der Waals surface area contributed by atoms with Crippen molar-refractivity contribution < 1.29 is 4.42 Å². The summed E-state index contributed by atoms with van der Waals surface area (Å²) in [6, 6.07) is 65.4. The second kappa shape index (κ2) is 12.3. The number of fused-ring (bicyclic) bond motifs is 10. The number of benzene rings is 8. The van der Waals surface area contributed by atoms with Gasteiger partial charge in [-0.1, -0.05) is 146 Å². The van der Waals surface area contributed by atoms with Crippen molar-refractivity contribution in [2.45, 2.75) is 0 Å². The number of nitrogens with zero attached hydrogens (tertiary/aromatic N) is 5. The topological polar surface area (TPSA) is 61.7 Å². The minimum atomic E-state index is 0.591. The molecule has 12 aromatic rings. The zero-order valence-electron chi connectivity index (χ0n) is 30.5. The van der Waals surface area contributed by atoms with Gasteiger partial charge in [-0.15, -0.1) is 0 Å². The lowest BCUT2D eigenvalue weighted by Gasteiger charge is -2.11. The lowest BCUT2D eigenvalue weighted by atomic mass is 10.0. The van der Waals surface area contributed by atoms with Gasteiger partial charge in [-0.2, -0.15) is 0 Å². The Morgan fingerprint density at radius 1 is 0.368 bits per heavy atom. The van der Waals surface area contributed by atoms with Crippen LogP contribution in [0.25, 0.3) is 111 Å². The fourth-order valence-electron chi connectivity index (χ4n) is 8.74. The van der Waals surface area contributed by atoms with E-state index in [0.29, 0.717) is 17.5 Å². The van der Waals surface area contributed by atoms with Gasteiger partial charge in [0.25, 0.3) is 0 Å². The molecule has 0 unspecified atom stereocenters. The summed E-state index contributed by atoms with van der Waals surface area (Å²) in [5, 5.41) is 6.73. The van der Waals surface area contributed by atoms with Crippen molar-refractivity contribution in [2.24, 2.45) is 0 Å². The molecule has 4 heterocycles. The minimum absolute atomic E-state index is 0.591. The highest BCUT2D eigenvalue weighted by Crippen LogP contribution is 2.45. The smallest absolute Gasteiger partial charge is 0.164 e. The Morgan fingerprint density at radius 2 is 0.947 bits per heavy atom. The van der Waals surface area contributed by atoms with Gasteiger partial charge in [0.05, 0.1) is 27.8 Å². The lowest BCUT2D eigenvalue weighted by molar-refractivity contribution is 0.666. The monoisotopic (exact) mass is 729 g/mol. The molecular weight excluding hydrogens is 699 g/mol. The molecule has 6 nitrogen and oxygen atoms in total. The highest BCUT2D eigenvalue weighted by Gasteiger charge is 2.24. The van der Waals surface area contributed by atoms with Gasteiger partial charge >= 0.3 is 0 Å². The molecule has 0 fully saturated rings. The molecule has 0 atom stereocenters. The van der Waals surface area contributed by atoms with Crippen LogP contribution in [0.1, 0.15) is 0 Å². The average Bonchev–Trinajstić information content (AvgIpc) is 3.95. The van der Waals surface area contributed by atoms with Gasteiger partial charge in [-0.05, 0) is 42.5 Å². The average molecular weight is 730 g/mol. The van der Waals surface area contributed by atoms with E-state index >= 15 is 0 Å². The maximum absolute atomic E-state index is 6.97. The first kappa shape index (κ1) is 31.5. The van der Waals surface area contributed by atoms with Crippen LogP contribution in [0.3, 0.4) is 0 Å². The standard InChI is InChI=1S/C51H31N5O/c1-4-16-32(17-5-1)49-52-50(33-18-6-2-7-19-33)54-51(53-49)39-25-15-29-44-45(39)38-24-14-28-43(48(38)57-44)56-40-26-12-10-22-35(40)36-30-31-42-46(47(36)56)37-23-11-13-27-41(37)55(42)34-20-8-3-9-21-34/h1-31H. The van der Waals surface area contributed by atoms with E-state index in [2.05, 4.69) is 124 Å². The van der Waals surface area contributed by atoms with Crippen LogP contribution in [-0.2, 0) is 0 Å². The number of hydrogen-bond acceptors (Lipinski definition) is 4. The summed E-state index contributed by atoms with van der Waals surface area (Å²) in [6.07, 6.45) is 0. The van der Waals surface area contributed by atoms with Crippen LogP contribution >= 0.6 is 0 Å². The Bertz CT molecular complexity index is 3450. The summed E-state index contributed by atoms with van der Waals surface area (Å²) < 4.78 is 11.8. The Labute approximate surface area is 326 Å². The fraction of sp³-hybridized carbons (Fsp3) is 0. The highest BCUT2D eigenvalue weighted by atomic mass is 16.3. The molecule has 0 aliphatic rings. The van der Waals surface area contributed by atoms with Crippen molar-refractivity contribution in [1.29, 1.82) is 0 Å². The van der Waals surface area contributed by atoms with E-state index in [1.165, 1.54) is 21.5 Å². The van der Waals surface area contributed by atoms with Crippen molar-refractivity contribution in [2.75, 3.05) is 0 Å². The van der Waals surface area contributed by atoms with E-state index in [4.69, 9.17) is 19.4 Å². The first-order chi connectivity index (χ1) is 28.3. The molecule has 0 bridgehead atoms. The van der Waals surface area contributed by atoms with Gasteiger partial charge in [0, 0.05) is 54.7 Å². The second-order valence-electron chi connectivity index (χ2n) is 14.4. The molecule has 4 aromatic heterocycles. The zero-order chi connectivity index (χ0) is 37.5. The molecule has 0 aliphatic heterocycles. The predicted octanol–water partition coefficient (Wildman–Crippen LogP) is 13.0. The molecule has 0 saturated carbocycles. The van der Waals surface area contributed by atoms with Crippen LogP contribution < -0.4 is 0 Å². The quantitative estimate of drug-likeness (QED) is 0.177. The largest absolute Gasteiger partial charge is 0.454 e. The van der Waals surface area contributed by atoms with Gasteiger partial charge in [-0.25, -0.2) is 15.0 Å². The number of rotatable bonds is 5. The Morgan fingerprint density at radius 3 is 1.67 bits per heavy atom. The van der Waals surface area contributed by atoms with Crippen LogP contribution in [0.2, 0.25) is 0 Å². The van der Waals surface area contributed by atoms with Gasteiger partial charge < -0.3 is 13.6 Å². The zero-order valence-corrected chi connectivity index (χ0v) is 30.5. The van der Waals surface area contributed by atoms with E-state index < -0.39 is 0 Å². The van der Waals surface area contributed by atoms with Crippen molar-refractivity contribution in [3.05, 3.63) is 188 Å². The molecule has 12 rings (SSSR count). The van der Waals surface area contributed by atoms with E-state index in [1.807, 2.05) is 72.8 Å². The van der Waals surface area contributed by atoms with Gasteiger partial charge in [-0.3, -0.25) is 0 Å². The first-order valence-electron chi connectivity index (χ1n) is 19.1. The molecule has 0 aliphatic carbocycles. The summed E-state index contributed by atoms with van der Waals surface area (Å²) in [5.41, 5.74) is 11.0. The predicted molar refractivity (Wildman–Crippen MR) is 232 cm³/mol. The summed E-state index contributed by atoms with van der Waals surface area (Å²) in [5.74, 6) is 1.83. The van der Waals surface area contributed by atoms with Gasteiger partial charge in [0.15, 0.2) is 23.1 Å². The van der Waals surface area contributed by atoms with E-state index in [0.717, 1.165) is 72.1 Å². The number of hydrogen-bond donors (Lipinski definition) is 0. The third kappa shape index (κ3) is 4.74. The van der Waals surface area contributed by atoms with Crippen LogP contribution in [-0.4, -0.2) is 24.1 Å². The molecule has 6 heteroatoms. The Balaban J connectivity index is 1.16. The van der Waals surface area contributed by atoms with Crippen LogP contribution in [0.5, 0.6) is 0 Å². The number of furan rings is 1. The summed E-state index contributed by atoms with van der Waals surface area (Å²) in [7, 11) is 0. The number of aromatic nitrogens is 5. The summed E-state index contributed by atoms with van der Waals surface area (Å²) in [6.45, 7) is 0. The second-order valence-corrected chi connectivity index (χ2v) is 14.4. The normalized spacial score (nSPS) is 11.9. The molecule has 8 aromatic carbocycles. The number of para-hydroxylation sites is 4. The van der Waals surface area contributed by atoms with E-state index in [-0.39, 0.29) is 0 Å². The van der Waals surface area contributed by atoms with Crippen molar-refractivity contribution in [3.63, 3.8) is 0 Å². The Kier molecular flexibility index (Phi) is 6.83. The first-order valence-corrected chi connectivity index (χ1v) is 19.1. The molecule has 0 amide bonds. The minimum Gasteiger partial charge on any atom is -0.454 e. The molecule has 0 saturated heterocycles. The molecule has 0 spiro atoms. The maximum Gasteiger partial charge on any atom is 0.164 e. The summed E-state index contributed by atoms with van der Waals surface area (Å²) in [4.78, 5) is 15.2. The van der Waals surface area contributed by atoms with Crippen molar-refractivity contribution in [3.8, 4) is 45.5 Å². The third-order valence-corrected chi connectivity index (χ3v) is 11.2. The molecular formula is C51H31N5O. The Hall–Kier alpha value is -7.83. The molecule has 266 valence electrons. The van der Waals surface area contributed by atoms with Crippen LogP contribution in [0.15, 0.2) is 192 Å². The van der Waals surface area contributed by atoms with Crippen molar-refractivity contribution >= 4 is 65.6 Å². The van der Waals surface area contributed by atoms with Crippen LogP contribution in [0, 0.1) is 0 Å². The van der Waals surface area contributed by atoms with Crippen molar-refractivity contribution in [1.82, 2.24) is 24.1 Å². The van der Waals surface area contributed by atoms with E-state index in [9.17, 15) is 0 Å². The van der Waals surface area contributed by atoms with Crippen LogP contribution in [0.4, 0.5) is 0 Å². The van der Waals surface area contributed by atoms with Gasteiger partial charge in [0.2, 0.25) is 0 Å². The SMILES string of the molecule is c1ccc(-c2nc(-c3ccccc3)nc(-c3cccc4oc5c(-n6c7ccccc7c7ccc8c(c9ccccc9n8-c8ccccc8)c76)cccc5c34)n2)cc1.